The summed E-state index contributed by atoms with van der Waals surface area (Å²) < 4.78 is 11.0. The van der Waals surface area contributed by atoms with E-state index < -0.39 is 0 Å². The molecule has 0 amide bonds. The second-order valence-electron chi connectivity index (χ2n) is 5.05. The normalized spacial score (nSPS) is 28.9. The number of nitrogens with zero attached hydrogens (tertiary/aromatic N) is 3. The highest BCUT2D eigenvalue weighted by atomic mass is 35.5. The third-order valence-electron chi connectivity index (χ3n) is 3.72. The standard InChI is InChI=1S/C12H20N4O2.ClH/c1-16-6-5-13-8-9(16)11-14-12(18-15-11)10-4-2-3-7-17-10;/h9-10,13H,2-8H2,1H3;1H. The Labute approximate surface area is 119 Å². The number of likely N-dealkylation sites (N-methyl/N-ethyl adjacent to an activating group) is 1. The molecule has 2 atom stereocenters. The Morgan fingerprint density at radius 2 is 2.26 bits per heavy atom. The van der Waals surface area contributed by atoms with Crippen LogP contribution in [0.5, 0.6) is 0 Å². The Hall–Kier alpha value is -0.690. The van der Waals surface area contributed by atoms with Crippen molar-refractivity contribution in [3.63, 3.8) is 0 Å². The quantitative estimate of drug-likeness (QED) is 0.885. The Balaban J connectivity index is 0.00000133. The van der Waals surface area contributed by atoms with Crippen LogP contribution in [0.15, 0.2) is 4.52 Å². The number of ether oxygens (including phenoxy) is 1. The maximum Gasteiger partial charge on any atom is 0.255 e. The minimum atomic E-state index is 0. The van der Waals surface area contributed by atoms with Crippen molar-refractivity contribution >= 4 is 12.4 Å². The lowest BCUT2D eigenvalue weighted by atomic mass is 10.1. The molecule has 108 valence electrons. The van der Waals surface area contributed by atoms with Gasteiger partial charge >= 0.3 is 0 Å². The fourth-order valence-electron chi connectivity index (χ4n) is 2.54. The molecule has 1 N–H and O–H groups in total. The van der Waals surface area contributed by atoms with Gasteiger partial charge in [-0.2, -0.15) is 4.98 Å². The number of halogens is 1. The van der Waals surface area contributed by atoms with Crippen molar-refractivity contribution in [2.45, 2.75) is 31.4 Å². The van der Waals surface area contributed by atoms with Crippen molar-refractivity contribution in [1.82, 2.24) is 20.4 Å². The topological polar surface area (TPSA) is 63.4 Å². The van der Waals surface area contributed by atoms with E-state index in [0.29, 0.717) is 5.89 Å². The van der Waals surface area contributed by atoms with Crippen molar-refractivity contribution in [3.05, 3.63) is 11.7 Å². The first-order valence-electron chi connectivity index (χ1n) is 6.70. The highest BCUT2D eigenvalue weighted by Gasteiger charge is 2.28. The Morgan fingerprint density at radius 3 is 3.00 bits per heavy atom. The third kappa shape index (κ3) is 3.25. The fourth-order valence-corrected chi connectivity index (χ4v) is 2.54. The van der Waals surface area contributed by atoms with Gasteiger partial charge in [-0.25, -0.2) is 0 Å². The van der Waals surface area contributed by atoms with Crippen LogP contribution < -0.4 is 5.32 Å². The average Bonchev–Trinajstić information content (AvgIpc) is 2.90. The van der Waals surface area contributed by atoms with E-state index in [1.165, 1.54) is 6.42 Å². The highest BCUT2D eigenvalue weighted by molar-refractivity contribution is 5.85. The van der Waals surface area contributed by atoms with Crippen LogP contribution in [0.2, 0.25) is 0 Å². The monoisotopic (exact) mass is 288 g/mol. The van der Waals surface area contributed by atoms with Crippen molar-refractivity contribution in [2.24, 2.45) is 0 Å². The Morgan fingerprint density at radius 1 is 1.37 bits per heavy atom. The zero-order valence-corrected chi connectivity index (χ0v) is 12.0. The predicted molar refractivity (Wildman–Crippen MR) is 72.3 cm³/mol. The first-order chi connectivity index (χ1) is 8.84. The first kappa shape index (κ1) is 14.7. The van der Waals surface area contributed by atoms with E-state index >= 15 is 0 Å². The summed E-state index contributed by atoms with van der Waals surface area (Å²) in [4.78, 5) is 6.78. The first-order valence-corrected chi connectivity index (χ1v) is 6.70. The van der Waals surface area contributed by atoms with Gasteiger partial charge in [-0.3, -0.25) is 4.90 Å². The van der Waals surface area contributed by atoms with E-state index in [0.717, 1.165) is 44.9 Å². The average molecular weight is 289 g/mol. The van der Waals surface area contributed by atoms with Gasteiger partial charge in [0, 0.05) is 26.2 Å². The highest BCUT2D eigenvalue weighted by Crippen LogP contribution is 2.28. The van der Waals surface area contributed by atoms with Gasteiger partial charge in [0.1, 0.15) is 6.10 Å². The van der Waals surface area contributed by atoms with Gasteiger partial charge in [0.2, 0.25) is 0 Å². The van der Waals surface area contributed by atoms with Crippen LogP contribution in [0.4, 0.5) is 0 Å². The van der Waals surface area contributed by atoms with Crippen LogP contribution >= 0.6 is 12.4 Å². The Kier molecular flexibility index (Phi) is 5.15. The third-order valence-corrected chi connectivity index (χ3v) is 3.72. The molecule has 2 unspecified atom stereocenters. The van der Waals surface area contributed by atoms with Crippen LogP contribution in [-0.2, 0) is 4.74 Å². The predicted octanol–water partition coefficient (Wildman–Crippen LogP) is 1.31. The van der Waals surface area contributed by atoms with Crippen LogP contribution in [0.25, 0.3) is 0 Å². The summed E-state index contributed by atoms with van der Waals surface area (Å²) in [6.07, 6.45) is 3.29. The molecule has 0 saturated carbocycles. The summed E-state index contributed by atoms with van der Waals surface area (Å²) in [5, 5.41) is 7.48. The summed E-state index contributed by atoms with van der Waals surface area (Å²) in [7, 11) is 2.10. The molecule has 19 heavy (non-hydrogen) atoms. The molecule has 2 saturated heterocycles. The van der Waals surface area contributed by atoms with Gasteiger partial charge in [-0.15, -0.1) is 12.4 Å². The van der Waals surface area contributed by atoms with Crippen molar-refractivity contribution in [1.29, 1.82) is 0 Å². The van der Waals surface area contributed by atoms with Gasteiger partial charge in [-0.1, -0.05) is 5.16 Å². The molecule has 1 aromatic heterocycles. The second kappa shape index (κ2) is 6.65. The molecule has 0 bridgehead atoms. The maximum atomic E-state index is 5.67. The minimum absolute atomic E-state index is 0. The summed E-state index contributed by atoms with van der Waals surface area (Å²) in [5.74, 6) is 1.41. The molecule has 2 aliphatic heterocycles. The minimum Gasteiger partial charge on any atom is -0.368 e. The summed E-state index contributed by atoms with van der Waals surface area (Å²) >= 11 is 0. The maximum absolute atomic E-state index is 5.67. The van der Waals surface area contributed by atoms with Crippen molar-refractivity contribution < 1.29 is 9.26 Å². The van der Waals surface area contributed by atoms with E-state index in [-0.39, 0.29) is 24.6 Å². The number of hydrogen-bond donors (Lipinski definition) is 1. The largest absolute Gasteiger partial charge is 0.368 e. The lowest BCUT2D eigenvalue weighted by molar-refractivity contribution is -0.00459. The van der Waals surface area contributed by atoms with Gasteiger partial charge in [0.25, 0.3) is 5.89 Å². The smallest absolute Gasteiger partial charge is 0.255 e. The number of aromatic nitrogens is 2. The zero-order valence-electron chi connectivity index (χ0n) is 11.2. The summed E-state index contributed by atoms with van der Waals surface area (Å²) in [5.41, 5.74) is 0. The molecule has 0 radical (unpaired) electrons. The summed E-state index contributed by atoms with van der Waals surface area (Å²) in [6, 6.07) is 0.208. The SMILES string of the molecule is CN1CCNCC1c1noc(C2CCCCO2)n1.Cl. The molecule has 2 fully saturated rings. The molecular weight excluding hydrogens is 268 g/mol. The van der Waals surface area contributed by atoms with Crippen LogP contribution in [-0.4, -0.2) is 48.3 Å². The van der Waals surface area contributed by atoms with E-state index in [4.69, 9.17) is 9.26 Å². The summed E-state index contributed by atoms with van der Waals surface area (Å²) in [6.45, 7) is 3.70. The number of rotatable bonds is 2. The molecule has 3 heterocycles. The van der Waals surface area contributed by atoms with Gasteiger partial charge in [-0.05, 0) is 26.3 Å². The molecule has 2 aliphatic rings. The van der Waals surface area contributed by atoms with Gasteiger partial charge < -0.3 is 14.6 Å². The van der Waals surface area contributed by atoms with E-state index in [2.05, 4.69) is 27.4 Å². The van der Waals surface area contributed by atoms with Crippen LogP contribution in [0.3, 0.4) is 0 Å². The van der Waals surface area contributed by atoms with Crippen molar-refractivity contribution in [2.75, 3.05) is 33.3 Å². The molecule has 0 spiro atoms. The van der Waals surface area contributed by atoms with E-state index in [9.17, 15) is 0 Å². The number of piperazine rings is 1. The molecular formula is C12H21ClN4O2. The molecule has 3 rings (SSSR count). The molecule has 7 heteroatoms. The Bertz CT molecular complexity index is 395. The molecule has 0 aromatic carbocycles. The molecule has 0 aliphatic carbocycles. The van der Waals surface area contributed by atoms with E-state index in [1.807, 2.05) is 0 Å². The number of hydrogen-bond acceptors (Lipinski definition) is 6. The van der Waals surface area contributed by atoms with Crippen LogP contribution in [0.1, 0.15) is 43.1 Å². The lowest BCUT2D eigenvalue weighted by Crippen LogP contribution is -2.44. The van der Waals surface area contributed by atoms with Gasteiger partial charge in [0.15, 0.2) is 5.82 Å². The molecule has 1 aromatic rings. The zero-order chi connectivity index (χ0) is 12.4. The van der Waals surface area contributed by atoms with Crippen molar-refractivity contribution in [3.8, 4) is 0 Å². The second-order valence-corrected chi connectivity index (χ2v) is 5.05. The number of nitrogens with one attached hydrogen (secondary N) is 1. The van der Waals surface area contributed by atoms with Crippen LogP contribution in [0, 0.1) is 0 Å². The van der Waals surface area contributed by atoms with E-state index in [1.54, 1.807) is 0 Å². The van der Waals surface area contributed by atoms with Gasteiger partial charge in [0.05, 0.1) is 6.04 Å². The molecule has 6 nitrogen and oxygen atoms in total. The lowest BCUT2D eigenvalue weighted by Gasteiger charge is -2.30. The fraction of sp³-hybridized carbons (Fsp3) is 0.833.